The highest BCUT2D eigenvalue weighted by Crippen LogP contribution is 2.41. The maximum atomic E-state index is 14.0. The smallest absolute Gasteiger partial charge is 0.219 e. The number of hydrogen-bond donors (Lipinski definition) is 0. The highest BCUT2D eigenvalue weighted by atomic mass is 35.5. The number of aromatic nitrogens is 1. The van der Waals surface area contributed by atoms with Crippen molar-refractivity contribution in [3.8, 4) is 10.4 Å². The minimum Gasteiger partial charge on any atom is -0.278 e. The third-order valence-electron chi connectivity index (χ3n) is 3.80. The number of para-hydroxylation sites is 1. The zero-order valence-electron chi connectivity index (χ0n) is 12.9. The van der Waals surface area contributed by atoms with Crippen LogP contribution in [0.1, 0.15) is 0 Å². The normalized spacial score (nSPS) is 11.0. The molecule has 1 amide bonds. The predicted molar refractivity (Wildman–Crippen MR) is 103 cm³/mol. The van der Waals surface area contributed by atoms with E-state index in [1.165, 1.54) is 28.7 Å². The van der Waals surface area contributed by atoms with Gasteiger partial charge in [-0.3, -0.25) is 9.69 Å². The first kappa shape index (κ1) is 17.1. The van der Waals surface area contributed by atoms with Gasteiger partial charge in [-0.1, -0.05) is 17.7 Å². The number of nitrogens with zero attached hydrogens (tertiary/aromatic N) is 2. The molecule has 130 valence electrons. The van der Waals surface area contributed by atoms with Crippen LogP contribution < -0.4 is 4.90 Å². The average Bonchev–Trinajstić information content (AvgIpc) is 3.26. The standard InChI is InChI=1S/C18H9ClF2N2OS2/c19-11-7-14-16(25-8-22-14)6-10(11)15-4-5-17(26-15)23(9-24)18-12(20)2-1-3-13(18)21/h1-9H. The third-order valence-corrected chi connectivity index (χ3v) is 6.02. The van der Waals surface area contributed by atoms with Crippen LogP contribution >= 0.6 is 34.3 Å². The van der Waals surface area contributed by atoms with Crippen molar-refractivity contribution in [2.45, 2.75) is 0 Å². The molecule has 8 heteroatoms. The average molecular weight is 407 g/mol. The van der Waals surface area contributed by atoms with Crippen LogP contribution in [0.25, 0.3) is 20.7 Å². The van der Waals surface area contributed by atoms with Crippen molar-refractivity contribution in [1.29, 1.82) is 0 Å². The van der Waals surface area contributed by atoms with E-state index in [0.29, 0.717) is 16.4 Å². The maximum absolute atomic E-state index is 14.0. The second-order valence-corrected chi connectivity index (χ2v) is 7.69. The monoisotopic (exact) mass is 406 g/mol. The fraction of sp³-hybridized carbons (Fsp3) is 0. The predicted octanol–water partition coefficient (Wildman–Crippen LogP) is 6.25. The molecule has 2 aromatic heterocycles. The molecule has 0 aliphatic heterocycles. The van der Waals surface area contributed by atoms with Crippen LogP contribution in [0.5, 0.6) is 0 Å². The Balaban J connectivity index is 1.79. The molecule has 2 aromatic carbocycles. The Bertz CT molecular complexity index is 1110. The number of thiazole rings is 1. The summed E-state index contributed by atoms with van der Waals surface area (Å²) in [6.45, 7) is 0. The lowest BCUT2D eigenvalue weighted by molar-refractivity contribution is -0.106. The van der Waals surface area contributed by atoms with Gasteiger partial charge in [0.05, 0.1) is 20.7 Å². The maximum Gasteiger partial charge on any atom is 0.219 e. The number of carbonyl (C=O) groups excluding carboxylic acids is 1. The Morgan fingerprint density at radius 1 is 1.12 bits per heavy atom. The van der Waals surface area contributed by atoms with Gasteiger partial charge in [0.2, 0.25) is 6.41 Å². The quantitative estimate of drug-likeness (QED) is 0.375. The van der Waals surface area contributed by atoms with Crippen LogP contribution in [0, 0.1) is 11.6 Å². The van der Waals surface area contributed by atoms with E-state index in [1.807, 2.05) is 6.07 Å². The van der Waals surface area contributed by atoms with Gasteiger partial charge in [-0.25, -0.2) is 13.8 Å². The second-order valence-electron chi connectivity index (χ2n) is 5.34. The van der Waals surface area contributed by atoms with Gasteiger partial charge >= 0.3 is 0 Å². The van der Waals surface area contributed by atoms with Crippen LogP contribution in [0.4, 0.5) is 19.5 Å². The summed E-state index contributed by atoms with van der Waals surface area (Å²) in [4.78, 5) is 17.5. The molecule has 26 heavy (non-hydrogen) atoms. The van der Waals surface area contributed by atoms with Crippen molar-refractivity contribution in [1.82, 2.24) is 4.98 Å². The van der Waals surface area contributed by atoms with E-state index in [1.54, 1.807) is 23.7 Å². The summed E-state index contributed by atoms with van der Waals surface area (Å²) in [7, 11) is 0. The number of rotatable bonds is 4. The van der Waals surface area contributed by atoms with Crippen molar-refractivity contribution < 1.29 is 13.6 Å². The lowest BCUT2D eigenvalue weighted by atomic mass is 10.2. The van der Waals surface area contributed by atoms with Crippen molar-refractivity contribution in [3.05, 3.63) is 64.6 Å². The van der Waals surface area contributed by atoms with Gasteiger partial charge in [-0.05, 0) is 36.4 Å². The molecule has 0 radical (unpaired) electrons. The number of thiophene rings is 1. The molecule has 0 aliphatic carbocycles. The van der Waals surface area contributed by atoms with Crippen molar-refractivity contribution >= 4 is 61.6 Å². The molecule has 0 unspecified atom stereocenters. The first-order chi connectivity index (χ1) is 12.6. The first-order valence-corrected chi connectivity index (χ1v) is 9.47. The van der Waals surface area contributed by atoms with Gasteiger partial charge in [0.1, 0.15) is 22.3 Å². The Hall–Kier alpha value is -2.35. The Kier molecular flexibility index (Phi) is 4.44. The van der Waals surface area contributed by atoms with E-state index >= 15 is 0 Å². The Morgan fingerprint density at radius 3 is 2.62 bits per heavy atom. The summed E-state index contributed by atoms with van der Waals surface area (Å²) in [5.74, 6) is -1.62. The number of halogens is 3. The van der Waals surface area contributed by atoms with Crippen LogP contribution in [0.15, 0.2) is 48.0 Å². The van der Waals surface area contributed by atoms with Gasteiger partial charge in [0.15, 0.2) is 0 Å². The summed E-state index contributed by atoms with van der Waals surface area (Å²) in [5.41, 5.74) is 2.92. The zero-order valence-corrected chi connectivity index (χ0v) is 15.3. The van der Waals surface area contributed by atoms with Crippen molar-refractivity contribution in [2.75, 3.05) is 4.90 Å². The molecule has 0 fully saturated rings. The molecule has 4 rings (SSSR count). The van der Waals surface area contributed by atoms with Crippen LogP contribution in [-0.4, -0.2) is 11.4 Å². The highest BCUT2D eigenvalue weighted by Gasteiger charge is 2.20. The molecule has 4 aromatic rings. The third kappa shape index (κ3) is 2.88. The van der Waals surface area contributed by atoms with E-state index < -0.39 is 17.3 Å². The fourth-order valence-corrected chi connectivity index (χ4v) is 4.63. The van der Waals surface area contributed by atoms with Gasteiger partial charge < -0.3 is 0 Å². The minimum atomic E-state index is -0.809. The largest absolute Gasteiger partial charge is 0.278 e. The molecule has 0 spiro atoms. The summed E-state index contributed by atoms with van der Waals surface area (Å²) in [5, 5.41) is 0.908. The second kappa shape index (κ2) is 6.75. The molecule has 0 saturated carbocycles. The lowest BCUT2D eigenvalue weighted by Gasteiger charge is -2.16. The zero-order chi connectivity index (χ0) is 18.3. The van der Waals surface area contributed by atoms with Crippen LogP contribution in [0.2, 0.25) is 5.02 Å². The number of anilines is 2. The Morgan fingerprint density at radius 2 is 1.88 bits per heavy atom. The van der Waals surface area contributed by atoms with E-state index in [4.69, 9.17) is 11.6 Å². The molecule has 3 nitrogen and oxygen atoms in total. The summed E-state index contributed by atoms with van der Waals surface area (Å²) >= 11 is 9.06. The molecular formula is C18H9ClF2N2OS2. The van der Waals surface area contributed by atoms with Crippen LogP contribution in [-0.2, 0) is 4.79 Å². The summed E-state index contributed by atoms with van der Waals surface area (Å²) in [6.07, 6.45) is 0.394. The number of hydrogen-bond acceptors (Lipinski definition) is 4. The number of carbonyl (C=O) groups is 1. The molecule has 0 saturated heterocycles. The summed E-state index contributed by atoms with van der Waals surface area (Å²) in [6, 6.07) is 10.6. The first-order valence-electron chi connectivity index (χ1n) is 7.40. The van der Waals surface area contributed by atoms with Crippen molar-refractivity contribution in [2.24, 2.45) is 0 Å². The van der Waals surface area contributed by atoms with Crippen molar-refractivity contribution in [3.63, 3.8) is 0 Å². The lowest BCUT2D eigenvalue weighted by Crippen LogP contribution is -2.15. The number of amides is 1. The minimum absolute atomic E-state index is 0.388. The Labute approximate surface area is 160 Å². The molecule has 0 atom stereocenters. The molecule has 0 bridgehead atoms. The van der Waals surface area contributed by atoms with Gasteiger partial charge in [-0.15, -0.1) is 22.7 Å². The molecule has 0 aliphatic rings. The SMILES string of the molecule is O=CN(c1ccc(-c2cc3scnc3cc2Cl)s1)c1c(F)cccc1F. The number of benzene rings is 2. The molecule has 0 N–H and O–H groups in total. The highest BCUT2D eigenvalue weighted by molar-refractivity contribution is 7.20. The van der Waals surface area contributed by atoms with Crippen LogP contribution in [0.3, 0.4) is 0 Å². The fourth-order valence-electron chi connectivity index (χ4n) is 2.60. The van der Waals surface area contributed by atoms with Gasteiger partial charge in [-0.2, -0.15) is 0 Å². The molecule has 2 heterocycles. The van der Waals surface area contributed by atoms with E-state index in [0.717, 1.165) is 37.7 Å². The van der Waals surface area contributed by atoms with E-state index in [9.17, 15) is 13.6 Å². The summed E-state index contributed by atoms with van der Waals surface area (Å²) < 4.78 is 29.1. The van der Waals surface area contributed by atoms with E-state index in [2.05, 4.69) is 4.98 Å². The topological polar surface area (TPSA) is 33.2 Å². The van der Waals surface area contributed by atoms with Gasteiger partial charge in [0, 0.05) is 10.4 Å². The molecular weight excluding hydrogens is 398 g/mol. The van der Waals surface area contributed by atoms with E-state index in [-0.39, 0.29) is 0 Å². The van der Waals surface area contributed by atoms with Gasteiger partial charge in [0.25, 0.3) is 0 Å². The number of fused-ring (bicyclic) bond motifs is 1.